The summed E-state index contributed by atoms with van der Waals surface area (Å²) >= 11 is 5.61. The van der Waals surface area contributed by atoms with E-state index in [9.17, 15) is 18.0 Å². The molecule has 10 heteroatoms. The number of nitrogens with zero attached hydrogens (tertiary/aromatic N) is 2. The van der Waals surface area contributed by atoms with E-state index in [0.29, 0.717) is 22.6 Å². The summed E-state index contributed by atoms with van der Waals surface area (Å²) in [5.74, 6) is -0.436. The molecule has 4 rings (SSSR count). The van der Waals surface area contributed by atoms with Gasteiger partial charge in [0, 0.05) is 24.3 Å². The average Bonchev–Trinajstić information content (AvgIpc) is 3.33. The SMILES string of the molecule is O=C(NCc1ccc(Cl)c(C(F)(F)F)c1)c1c[nH]c(-c2n[nH]c3ncccc23)c1. The Morgan fingerprint density at radius 3 is 2.83 bits per heavy atom. The van der Waals surface area contributed by atoms with Crippen LogP contribution in [0.3, 0.4) is 0 Å². The molecule has 0 spiro atoms. The highest BCUT2D eigenvalue weighted by atomic mass is 35.5. The summed E-state index contributed by atoms with van der Waals surface area (Å²) in [6.45, 7) is -0.0746. The van der Waals surface area contributed by atoms with Gasteiger partial charge in [-0.2, -0.15) is 18.3 Å². The summed E-state index contributed by atoms with van der Waals surface area (Å²) in [6.07, 6.45) is -1.42. The Kier molecular flexibility index (Phi) is 4.75. The van der Waals surface area contributed by atoms with Crippen molar-refractivity contribution in [3.8, 4) is 11.4 Å². The summed E-state index contributed by atoms with van der Waals surface area (Å²) in [5.41, 5.74) is 1.51. The molecule has 0 fully saturated rings. The zero-order valence-electron chi connectivity index (χ0n) is 14.6. The van der Waals surface area contributed by atoms with Crippen LogP contribution < -0.4 is 5.32 Å². The number of fused-ring (bicyclic) bond motifs is 1. The molecule has 29 heavy (non-hydrogen) atoms. The lowest BCUT2D eigenvalue weighted by Gasteiger charge is -2.11. The Labute approximate surface area is 167 Å². The molecule has 3 N–H and O–H groups in total. The molecule has 3 heterocycles. The molecule has 0 bridgehead atoms. The number of rotatable bonds is 4. The van der Waals surface area contributed by atoms with Gasteiger partial charge in [-0.05, 0) is 35.9 Å². The van der Waals surface area contributed by atoms with Gasteiger partial charge in [-0.3, -0.25) is 9.89 Å². The van der Waals surface area contributed by atoms with E-state index in [4.69, 9.17) is 11.6 Å². The topological polar surface area (TPSA) is 86.5 Å². The third-order valence-electron chi connectivity index (χ3n) is 4.33. The first kappa shape index (κ1) is 19.0. The fraction of sp³-hybridized carbons (Fsp3) is 0.105. The number of alkyl halides is 3. The van der Waals surface area contributed by atoms with Crippen molar-refractivity contribution in [1.29, 1.82) is 0 Å². The van der Waals surface area contributed by atoms with Crippen molar-refractivity contribution in [2.45, 2.75) is 12.7 Å². The number of aromatic nitrogens is 4. The highest BCUT2D eigenvalue weighted by Gasteiger charge is 2.33. The Hall–Kier alpha value is -3.33. The Bertz CT molecular complexity index is 1200. The van der Waals surface area contributed by atoms with Crippen LogP contribution >= 0.6 is 11.6 Å². The lowest BCUT2D eigenvalue weighted by atomic mass is 10.1. The van der Waals surface area contributed by atoms with Crippen LogP contribution in [0.25, 0.3) is 22.4 Å². The van der Waals surface area contributed by atoms with Crippen LogP contribution in [0.15, 0.2) is 48.8 Å². The second kappa shape index (κ2) is 7.25. The maximum absolute atomic E-state index is 13.0. The molecular formula is C19H13ClF3N5O. The largest absolute Gasteiger partial charge is 0.417 e. The van der Waals surface area contributed by atoms with Crippen LogP contribution in [-0.2, 0) is 12.7 Å². The third-order valence-corrected chi connectivity index (χ3v) is 4.66. The lowest BCUT2D eigenvalue weighted by Crippen LogP contribution is -2.22. The first-order valence-corrected chi connectivity index (χ1v) is 8.82. The Morgan fingerprint density at radius 1 is 1.21 bits per heavy atom. The molecule has 0 aliphatic heterocycles. The highest BCUT2D eigenvalue weighted by molar-refractivity contribution is 6.31. The van der Waals surface area contributed by atoms with Gasteiger partial charge in [-0.1, -0.05) is 17.7 Å². The van der Waals surface area contributed by atoms with Crippen molar-refractivity contribution in [2.24, 2.45) is 0 Å². The maximum Gasteiger partial charge on any atom is 0.417 e. The number of halogens is 4. The summed E-state index contributed by atoms with van der Waals surface area (Å²) in [7, 11) is 0. The number of H-pyrrole nitrogens is 2. The van der Waals surface area contributed by atoms with Crippen LogP contribution in [0, 0.1) is 0 Å². The van der Waals surface area contributed by atoms with Crippen molar-refractivity contribution < 1.29 is 18.0 Å². The first-order chi connectivity index (χ1) is 13.8. The minimum absolute atomic E-state index is 0.0746. The molecule has 0 radical (unpaired) electrons. The smallest absolute Gasteiger partial charge is 0.359 e. The summed E-state index contributed by atoms with van der Waals surface area (Å²) < 4.78 is 38.9. The van der Waals surface area contributed by atoms with E-state index in [1.807, 2.05) is 6.07 Å². The molecule has 6 nitrogen and oxygen atoms in total. The molecule has 0 saturated carbocycles. The number of pyridine rings is 1. The molecule has 1 amide bonds. The van der Waals surface area contributed by atoms with Gasteiger partial charge in [0.05, 0.1) is 21.8 Å². The number of carbonyl (C=O) groups excluding carboxylic acids is 1. The van der Waals surface area contributed by atoms with Gasteiger partial charge in [0.15, 0.2) is 5.65 Å². The molecule has 0 unspecified atom stereocenters. The summed E-state index contributed by atoms with van der Waals surface area (Å²) in [4.78, 5) is 19.5. The molecule has 4 aromatic rings. The summed E-state index contributed by atoms with van der Waals surface area (Å²) in [5, 5.41) is 10.0. The molecule has 1 aromatic carbocycles. The number of nitrogens with one attached hydrogen (secondary N) is 3. The number of carbonyl (C=O) groups is 1. The minimum atomic E-state index is -4.56. The Balaban J connectivity index is 1.49. The number of hydrogen-bond acceptors (Lipinski definition) is 3. The molecule has 0 aliphatic rings. The number of benzene rings is 1. The Morgan fingerprint density at radius 2 is 2.03 bits per heavy atom. The van der Waals surface area contributed by atoms with E-state index < -0.39 is 17.6 Å². The molecule has 0 atom stereocenters. The van der Waals surface area contributed by atoms with Crippen LogP contribution in [-0.4, -0.2) is 26.1 Å². The zero-order valence-corrected chi connectivity index (χ0v) is 15.4. The van der Waals surface area contributed by atoms with Gasteiger partial charge in [0.1, 0.15) is 5.69 Å². The van der Waals surface area contributed by atoms with E-state index in [0.717, 1.165) is 17.5 Å². The van der Waals surface area contributed by atoms with Crippen molar-refractivity contribution in [3.63, 3.8) is 0 Å². The van der Waals surface area contributed by atoms with Crippen LogP contribution in [0.1, 0.15) is 21.5 Å². The molecular weight excluding hydrogens is 407 g/mol. The monoisotopic (exact) mass is 419 g/mol. The standard InChI is InChI=1S/C19H13ClF3N5O/c20-14-4-3-10(6-13(14)19(21,22)23)8-26-18(29)11-7-15(25-9-11)16-12-2-1-5-24-17(12)28-27-16/h1-7,9,25H,8H2,(H,26,29)(H,24,27,28). The normalized spacial score (nSPS) is 11.7. The number of hydrogen-bond donors (Lipinski definition) is 3. The molecule has 148 valence electrons. The van der Waals surface area contributed by atoms with Gasteiger partial charge < -0.3 is 10.3 Å². The first-order valence-electron chi connectivity index (χ1n) is 8.44. The third kappa shape index (κ3) is 3.81. The van der Waals surface area contributed by atoms with Gasteiger partial charge in [0.25, 0.3) is 5.91 Å². The van der Waals surface area contributed by atoms with Crippen molar-refractivity contribution >= 4 is 28.5 Å². The van der Waals surface area contributed by atoms with E-state index in [1.54, 1.807) is 18.3 Å². The quantitative estimate of drug-likeness (QED) is 0.453. The van der Waals surface area contributed by atoms with E-state index >= 15 is 0 Å². The second-order valence-corrected chi connectivity index (χ2v) is 6.68. The fourth-order valence-corrected chi connectivity index (χ4v) is 3.13. The zero-order chi connectivity index (χ0) is 20.6. The van der Waals surface area contributed by atoms with Crippen LogP contribution in [0.4, 0.5) is 13.2 Å². The predicted octanol–water partition coefficient (Wildman–Crippen LogP) is 4.56. The number of aromatic amines is 2. The van der Waals surface area contributed by atoms with Gasteiger partial charge >= 0.3 is 6.18 Å². The van der Waals surface area contributed by atoms with Crippen LogP contribution in [0.5, 0.6) is 0 Å². The van der Waals surface area contributed by atoms with E-state index in [1.165, 1.54) is 12.3 Å². The molecule has 3 aromatic heterocycles. The molecule has 0 aliphatic carbocycles. The average molecular weight is 420 g/mol. The number of amides is 1. The summed E-state index contributed by atoms with van der Waals surface area (Å²) in [6, 6.07) is 8.76. The maximum atomic E-state index is 13.0. The van der Waals surface area contributed by atoms with E-state index in [2.05, 4.69) is 25.5 Å². The predicted molar refractivity (Wildman–Crippen MR) is 101 cm³/mol. The lowest BCUT2D eigenvalue weighted by molar-refractivity contribution is -0.137. The fourth-order valence-electron chi connectivity index (χ4n) is 2.91. The second-order valence-electron chi connectivity index (χ2n) is 6.27. The van der Waals surface area contributed by atoms with Gasteiger partial charge in [-0.15, -0.1) is 0 Å². The van der Waals surface area contributed by atoms with Crippen molar-refractivity contribution in [2.75, 3.05) is 0 Å². The van der Waals surface area contributed by atoms with Crippen molar-refractivity contribution in [1.82, 2.24) is 25.5 Å². The van der Waals surface area contributed by atoms with E-state index in [-0.39, 0.29) is 17.1 Å². The molecule has 0 saturated heterocycles. The van der Waals surface area contributed by atoms with Gasteiger partial charge in [0.2, 0.25) is 0 Å². The highest BCUT2D eigenvalue weighted by Crippen LogP contribution is 2.35. The minimum Gasteiger partial charge on any atom is -0.359 e. The van der Waals surface area contributed by atoms with Gasteiger partial charge in [-0.25, -0.2) is 4.98 Å². The van der Waals surface area contributed by atoms with Crippen LogP contribution in [0.2, 0.25) is 5.02 Å². The van der Waals surface area contributed by atoms with Crippen molar-refractivity contribution in [3.05, 3.63) is 70.5 Å².